The highest BCUT2D eigenvalue weighted by molar-refractivity contribution is 5.84. The zero-order chi connectivity index (χ0) is 14.2. The van der Waals surface area contributed by atoms with E-state index in [2.05, 4.69) is 34.7 Å². The van der Waals surface area contributed by atoms with Crippen molar-refractivity contribution in [3.05, 3.63) is 36.0 Å². The third-order valence-corrected chi connectivity index (χ3v) is 5.33. The predicted molar refractivity (Wildman–Crippen MR) is 84.0 cm³/mol. The van der Waals surface area contributed by atoms with E-state index in [-0.39, 0.29) is 0 Å². The Kier molecular flexibility index (Phi) is 3.21. The fourth-order valence-electron chi connectivity index (χ4n) is 4.16. The second-order valence-corrected chi connectivity index (χ2v) is 6.54. The Labute approximate surface area is 125 Å². The lowest BCUT2D eigenvalue weighted by molar-refractivity contribution is -0.122. The third-order valence-electron chi connectivity index (χ3n) is 5.33. The summed E-state index contributed by atoms with van der Waals surface area (Å²) < 4.78 is 0. The van der Waals surface area contributed by atoms with Crippen molar-refractivity contribution in [2.45, 2.75) is 32.1 Å². The number of nitrogens with one attached hydrogen (secondary N) is 2. The van der Waals surface area contributed by atoms with E-state index in [9.17, 15) is 4.79 Å². The summed E-state index contributed by atoms with van der Waals surface area (Å²) in [4.78, 5) is 15.5. The molecule has 3 heteroatoms. The van der Waals surface area contributed by atoms with Gasteiger partial charge >= 0.3 is 0 Å². The molecule has 1 aromatic heterocycles. The number of hydrogen-bond donors (Lipinski definition) is 2. The zero-order valence-electron chi connectivity index (χ0n) is 12.3. The van der Waals surface area contributed by atoms with E-state index in [1.807, 2.05) is 6.07 Å². The fraction of sp³-hybridized carbons (Fsp3) is 0.500. The Balaban J connectivity index is 1.32. The summed E-state index contributed by atoms with van der Waals surface area (Å²) in [5.74, 6) is 2.03. The molecule has 21 heavy (non-hydrogen) atoms. The minimum absolute atomic E-state index is 0.298. The second-order valence-electron chi connectivity index (χ2n) is 6.54. The van der Waals surface area contributed by atoms with Crippen LogP contribution in [0.4, 0.5) is 0 Å². The topological polar surface area (TPSA) is 44.9 Å². The lowest BCUT2D eigenvalue weighted by Crippen LogP contribution is -2.28. The van der Waals surface area contributed by atoms with Crippen molar-refractivity contribution in [1.29, 1.82) is 0 Å². The quantitative estimate of drug-likeness (QED) is 0.888. The zero-order valence-corrected chi connectivity index (χ0v) is 12.3. The number of benzene rings is 1. The molecular weight excluding hydrogens is 260 g/mol. The number of hydrogen-bond acceptors (Lipinski definition) is 1. The lowest BCUT2D eigenvalue weighted by atomic mass is 10.0. The van der Waals surface area contributed by atoms with E-state index < -0.39 is 0 Å². The molecule has 2 N–H and O–H groups in total. The van der Waals surface area contributed by atoms with Crippen LogP contribution in [0.2, 0.25) is 0 Å². The van der Waals surface area contributed by atoms with Gasteiger partial charge < -0.3 is 10.3 Å². The normalized spacial score (nSPS) is 27.3. The molecule has 2 unspecified atom stereocenters. The Bertz CT molecular complexity index is 648. The molecule has 2 aliphatic carbocycles. The van der Waals surface area contributed by atoms with Gasteiger partial charge in [0.25, 0.3) is 0 Å². The molecule has 0 radical (unpaired) electrons. The van der Waals surface area contributed by atoms with E-state index in [0.29, 0.717) is 23.7 Å². The van der Waals surface area contributed by atoms with E-state index in [1.165, 1.54) is 42.1 Å². The molecule has 2 atom stereocenters. The van der Waals surface area contributed by atoms with Crippen molar-refractivity contribution in [1.82, 2.24) is 10.3 Å². The van der Waals surface area contributed by atoms with Gasteiger partial charge in [-0.3, -0.25) is 4.79 Å². The Hall–Kier alpha value is -1.77. The van der Waals surface area contributed by atoms with Gasteiger partial charge in [0, 0.05) is 29.6 Å². The minimum atomic E-state index is 0.298. The summed E-state index contributed by atoms with van der Waals surface area (Å²) in [6, 6.07) is 8.33. The van der Waals surface area contributed by atoms with Gasteiger partial charge in [0.15, 0.2) is 0 Å². The molecule has 1 heterocycles. The molecule has 0 saturated heterocycles. The van der Waals surface area contributed by atoms with E-state index in [4.69, 9.17) is 0 Å². The number of aromatic amines is 1. The van der Waals surface area contributed by atoms with Gasteiger partial charge in [-0.15, -0.1) is 0 Å². The summed E-state index contributed by atoms with van der Waals surface area (Å²) in [7, 11) is 0. The molecule has 2 saturated carbocycles. The third kappa shape index (κ3) is 2.35. The van der Waals surface area contributed by atoms with Crippen LogP contribution in [0.3, 0.4) is 0 Å². The first-order valence-corrected chi connectivity index (χ1v) is 8.17. The molecule has 0 bridgehead atoms. The van der Waals surface area contributed by atoms with Gasteiger partial charge in [-0.05, 0) is 42.7 Å². The molecule has 0 aliphatic heterocycles. The SMILES string of the molecule is O=C(NCCc1c[nH]c2ccccc12)C1C2CCCCC21. The van der Waals surface area contributed by atoms with Crippen LogP contribution in [0.5, 0.6) is 0 Å². The highest BCUT2D eigenvalue weighted by Crippen LogP contribution is 2.55. The van der Waals surface area contributed by atoms with Gasteiger partial charge in [-0.2, -0.15) is 0 Å². The molecule has 2 fully saturated rings. The van der Waals surface area contributed by atoms with E-state index in [1.54, 1.807) is 0 Å². The first kappa shape index (κ1) is 12.9. The Morgan fingerprint density at radius 1 is 1.19 bits per heavy atom. The molecular formula is C18H22N2O. The van der Waals surface area contributed by atoms with Crippen LogP contribution in [0, 0.1) is 17.8 Å². The van der Waals surface area contributed by atoms with Crippen LogP contribution in [-0.4, -0.2) is 17.4 Å². The van der Waals surface area contributed by atoms with Crippen LogP contribution in [-0.2, 0) is 11.2 Å². The van der Waals surface area contributed by atoms with Crippen LogP contribution < -0.4 is 5.32 Å². The second kappa shape index (κ2) is 5.21. The number of para-hydroxylation sites is 1. The average Bonchev–Trinajstić information content (AvgIpc) is 3.12. The highest BCUT2D eigenvalue weighted by atomic mass is 16.2. The lowest BCUT2D eigenvalue weighted by Gasteiger charge is -2.04. The maximum atomic E-state index is 12.2. The number of H-pyrrole nitrogens is 1. The van der Waals surface area contributed by atoms with Crippen molar-refractivity contribution in [2.24, 2.45) is 17.8 Å². The van der Waals surface area contributed by atoms with Gasteiger partial charge in [0.2, 0.25) is 5.91 Å². The van der Waals surface area contributed by atoms with Crippen LogP contribution in [0.15, 0.2) is 30.5 Å². The number of rotatable bonds is 4. The summed E-state index contributed by atoms with van der Waals surface area (Å²) in [5, 5.41) is 4.42. The van der Waals surface area contributed by atoms with Crippen LogP contribution in [0.25, 0.3) is 10.9 Å². The predicted octanol–water partition coefficient (Wildman–Crippen LogP) is 3.26. The number of carbonyl (C=O) groups excluding carboxylic acids is 1. The van der Waals surface area contributed by atoms with Crippen molar-refractivity contribution in [3.63, 3.8) is 0 Å². The summed E-state index contributed by atoms with van der Waals surface area (Å²) in [6.45, 7) is 0.747. The molecule has 3 nitrogen and oxygen atoms in total. The smallest absolute Gasteiger partial charge is 0.223 e. The first-order chi connectivity index (χ1) is 10.3. The maximum absolute atomic E-state index is 12.2. The van der Waals surface area contributed by atoms with Gasteiger partial charge in [-0.1, -0.05) is 31.0 Å². The minimum Gasteiger partial charge on any atom is -0.361 e. The van der Waals surface area contributed by atoms with Crippen molar-refractivity contribution in [3.8, 4) is 0 Å². The summed E-state index contributed by atoms with van der Waals surface area (Å²) in [5.41, 5.74) is 2.46. The number of aromatic nitrogens is 1. The summed E-state index contributed by atoms with van der Waals surface area (Å²) in [6.07, 6.45) is 8.14. The Morgan fingerprint density at radius 3 is 2.76 bits per heavy atom. The van der Waals surface area contributed by atoms with Crippen LogP contribution >= 0.6 is 0 Å². The van der Waals surface area contributed by atoms with Crippen molar-refractivity contribution >= 4 is 16.8 Å². The monoisotopic (exact) mass is 282 g/mol. The molecule has 4 rings (SSSR count). The standard InChI is InChI=1S/C18H22N2O/c21-18(17-14-6-1-2-7-15(14)17)19-10-9-12-11-20-16-8-4-3-5-13(12)16/h3-5,8,11,14-15,17,20H,1-2,6-7,9-10H2,(H,19,21). The molecule has 1 aromatic carbocycles. The maximum Gasteiger partial charge on any atom is 0.223 e. The highest BCUT2D eigenvalue weighted by Gasteiger charge is 2.54. The molecule has 0 spiro atoms. The Morgan fingerprint density at radius 2 is 1.95 bits per heavy atom. The number of carbonyl (C=O) groups is 1. The molecule has 110 valence electrons. The van der Waals surface area contributed by atoms with Crippen molar-refractivity contribution < 1.29 is 4.79 Å². The first-order valence-electron chi connectivity index (χ1n) is 8.17. The van der Waals surface area contributed by atoms with Gasteiger partial charge in [0.1, 0.15) is 0 Å². The number of amides is 1. The summed E-state index contributed by atoms with van der Waals surface area (Å²) >= 11 is 0. The van der Waals surface area contributed by atoms with Gasteiger partial charge in [0.05, 0.1) is 0 Å². The van der Waals surface area contributed by atoms with E-state index in [0.717, 1.165) is 13.0 Å². The van der Waals surface area contributed by atoms with Crippen molar-refractivity contribution in [2.75, 3.05) is 6.54 Å². The molecule has 2 aliphatic rings. The molecule has 2 aromatic rings. The largest absolute Gasteiger partial charge is 0.361 e. The number of fused-ring (bicyclic) bond motifs is 2. The molecule has 1 amide bonds. The average molecular weight is 282 g/mol. The van der Waals surface area contributed by atoms with E-state index >= 15 is 0 Å². The fourth-order valence-corrected chi connectivity index (χ4v) is 4.16. The van der Waals surface area contributed by atoms with Crippen LogP contribution in [0.1, 0.15) is 31.2 Å². The van der Waals surface area contributed by atoms with Gasteiger partial charge in [-0.25, -0.2) is 0 Å².